The zero-order valence-corrected chi connectivity index (χ0v) is 11.7. The van der Waals surface area contributed by atoms with Crippen LogP contribution in [0.1, 0.15) is 33.1 Å². The summed E-state index contributed by atoms with van der Waals surface area (Å²) < 4.78 is 5.74. The lowest BCUT2D eigenvalue weighted by atomic mass is 10.0. The second-order valence-electron chi connectivity index (χ2n) is 4.90. The smallest absolute Gasteiger partial charge is 0.117 e. The maximum atomic E-state index is 5.74. The van der Waals surface area contributed by atoms with Crippen molar-refractivity contribution in [2.24, 2.45) is 5.92 Å². The number of ether oxygens (including phenoxy) is 1. The highest BCUT2D eigenvalue weighted by atomic mass is 33.1. The van der Waals surface area contributed by atoms with E-state index in [4.69, 9.17) is 4.74 Å². The third kappa shape index (κ3) is 5.48. The summed E-state index contributed by atoms with van der Waals surface area (Å²) in [5.74, 6) is 0.894. The fraction of sp³-hybridized carbons (Fsp3) is 1.00. The lowest BCUT2D eigenvalue weighted by Gasteiger charge is -2.22. The Morgan fingerprint density at radius 1 is 1.53 bits per heavy atom. The van der Waals surface area contributed by atoms with E-state index in [0.717, 1.165) is 12.5 Å². The average molecular weight is 249 g/mol. The minimum absolute atomic E-state index is 0.143. The molecule has 0 aromatic heterocycles. The van der Waals surface area contributed by atoms with Crippen LogP contribution in [-0.2, 0) is 4.74 Å². The molecule has 0 unspecified atom stereocenters. The molecule has 0 aromatic carbocycles. The SMILES string of the molecule is CN1CC[C@@H](CCCOC(C)(C)SS)C1. The van der Waals surface area contributed by atoms with Crippen LogP contribution in [0, 0.1) is 5.92 Å². The van der Waals surface area contributed by atoms with E-state index in [1.807, 2.05) is 0 Å². The third-order valence-electron chi connectivity index (χ3n) is 2.92. The van der Waals surface area contributed by atoms with Gasteiger partial charge in [0, 0.05) is 13.2 Å². The zero-order valence-electron chi connectivity index (χ0n) is 10.0. The molecule has 1 aliphatic heterocycles. The summed E-state index contributed by atoms with van der Waals surface area (Å²) in [6, 6.07) is 0. The Balaban J connectivity index is 2.02. The number of rotatable bonds is 6. The lowest BCUT2D eigenvalue weighted by Crippen LogP contribution is -2.19. The predicted octanol–water partition coefficient (Wildman–Crippen LogP) is 3.05. The van der Waals surface area contributed by atoms with Gasteiger partial charge in [0.2, 0.25) is 0 Å². The highest BCUT2D eigenvalue weighted by Crippen LogP contribution is 2.29. The van der Waals surface area contributed by atoms with E-state index in [2.05, 4.69) is 37.5 Å². The van der Waals surface area contributed by atoms with Gasteiger partial charge in [0.05, 0.1) is 0 Å². The van der Waals surface area contributed by atoms with Crippen molar-refractivity contribution in [2.45, 2.75) is 38.0 Å². The van der Waals surface area contributed by atoms with Crippen molar-refractivity contribution in [3.8, 4) is 0 Å². The van der Waals surface area contributed by atoms with E-state index in [1.54, 1.807) is 0 Å². The van der Waals surface area contributed by atoms with Crippen LogP contribution < -0.4 is 0 Å². The van der Waals surface area contributed by atoms with Gasteiger partial charge in [-0.25, -0.2) is 0 Å². The van der Waals surface area contributed by atoms with Gasteiger partial charge in [0.25, 0.3) is 0 Å². The first kappa shape index (κ1) is 13.7. The molecule has 1 rings (SSSR count). The normalized spacial score (nSPS) is 23.6. The van der Waals surface area contributed by atoms with Crippen molar-refractivity contribution in [3.05, 3.63) is 0 Å². The number of thiol groups is 1. The van der Waals surface area contributed by atoms with Gasteiger partial charge in [-0.05, 0) is 52.6 Å². The molecule has 0 radical (unpaired) electrons. The molecule has 0 bridgehead atoms. The summed E-state index contributed by atoms with van der Waals surface area (Å²) in [6.07, 6.45) is 3.84. The Hall–Kier alpha value is 0.620. The monoisotopic (exact) mass is 249 g/mol. The molecule has 2 nitrogen and oxygen atoms in total. The summed E-state index contributed by atoms with van der Waals surface area (Å²) >= 11 is 4.19. The Labute approximate surface area is 103 Å². The number of hydrogen-bond donors (Lipinski definition) is 1. The minimum Gasteiger partial charge on any atom is -0.364 e. The second-order valence-corrected chi connectivity index (χ2v) is 6.61. The first-order valence-electron chi connectivity index (χ1n) is 5.68. The fourth-order valence-corrected chi connectivity index (χ4v) is 2.27. The van der Waals surface area contributed by atoms with E-state index in [0.29, 0.717) is 0 Å². The van der Waals surface area contributed by atoms with Crippen LogP contribution in [0.5, 0.6) is 0 Å². The van der Waals surface area contributed by atoms with Crippen LogP contribution in [0.15, 0.2) is 0 Å². The van der Waals surface area contributed by atoms with Crippen LogP contribution >= 0.6 is 22.5 Å². The molecule has 0 saturated carbocycles. The molecule has 1 fully saturated rings. The van der Waals surface area contributed by atoms with Gasteiger partial charge in [-0.3, -0.25) is 0 Å². The highest BCUT2D eigenvalue weighted by Gasteiger charge is 2.20. The molecule has 1 atom stereocenters. The fourth-order valence-electron chi connectivity index (χ4n) is 1.98. The molecule has 0 N–H and O–H groups in total. The van der Waals surface area contributed by atoms with Crippen molar-refractivity contribution in [1.29, 1.82) is 0 Å². The van der Waals surface area contributed by atoms with E-state index < -0.39 is 0 Å². The molecular formula is C11H23NOS2. The highest BCUT2D eigenvalue weighted by molar-refractivity contribution is 8.69. The van der Waals surface area contributed by atoms with Crippen molar-refractivity contribution in [1.82, 2.24) is 4.90 Å². The summed E-state index contributed by atoms with van der Waals surface area (Å²) in [7, 11) is 3.68. The number of hydrogen-bond acceptors (Lipinski definition) is 4. The van der Waals surface area contributed by atoms with E-state index in [-0.39, 0.29) is 4.93 Å². The molecule has 1 aliphatic rings. The van der Waals surface area contributed by atoms with Crippen molar-refractivity contribution in [3.63, 3.8) is 0 Å². The van der Waals surface area contributed by atoms with Crippen molar-refractivity contribution >= 4 is 22.5 Å². The molecule has 1 heterocycles. The van der Waals surface area contributed by atoms with Crippen LogP contribution in [0.3, 0.4) is 0 Å². The van der Waals surface area contributed by atoms with Gasteiger partial charge in [0.15, 0.2) is 0 Å². The van der Waals surface area contributed by atoms with E-state index in [1.165, 1.54) is 43.1 Å². The molecular weight excluding hydrogens is 226 g/mol. The molecule has 1 saturated heterocycles. The average Bonchev–Trinajstić information content (AvgIpc) is 2.59. The van der Waals surface area contributed by atoms with Crippen LogP contribution in [0.2, 0.25) is 0 Å². The van der Waals surface area contributed by atoms with Gasteiger partial charge in [0.1, 0.15) is 4.93 Å². The van der Waals surface area contributed by atoms with Crippen LogP contribution in [0.4, 0.5) is 0 Å². The molecule has 0 aromatic rings. The van der Waals surface area contributed by atoms with Gasteiger partial charge in [-0.15, -0.1) is 11.7 Å². The number of nitrogens with zero attached hydrogens (tertiary/aromatic N) is 1. The molecule has 0 spiro atoms. The van der Waals surface area contributed by atoms with Gasteiger partial charge >= 0.3 is 0 Å². The quantitative estimate of drug-likeness (QED) is 0.336. The lowest BCUT2D eigenvalue weighted by molar-refractivity contribution is 0.0493. The summed E-state index contributed by atoms with van der Waals surface area (Å²) in [4.78, 5) is 2.27. The maximum Gasteiger partial charge on any atom is 0.117 e. The van der Waals surface area contributed by atoms with Crippen molar-refractivity contribution < 1.29 is 4.74 Å². The summed E-state index contributed by atoms with van der Waals surface area (Å²) in [5, 5.41) is 0. The molecule has 0 aliphatic carbocycles. The van der Waals surface area contributed by atoms with Gasteiger partial charge in [-0.2, -0.15) is 0 Å². The van der Waals surface area contributed by atoms with Crippen molar-refractivity contribution in [2.75, 3.05) is 26.7 Å². The summed E-state index contributed by atoms with van der Waals surface area (Å²) in [6.45, 7) is 7.52. The molecule has 0 amide bonds. The predicted molar refractivity (Wildman–Crippen MR) is 71.4 cm³/mol. The van der Waals surface area contributed by atoms with Crippen LogP contribution in [-0.4, -0.2) is 36.6 Å². The zero-order chi connectivity index (χ0) is 11.3. The standard InChI is InChI=1S/C11H23NOS2/c1-11(2,15-14)13-8-4-5-10-6-7-12(3)9-10/h10,14H,4-9H2,1-3H3/t10-/m1/s1. The largest absolute Gasteiger partial charge is 0.364 e. The third-order valence-corrected chi connectivity index (χ3v) is 4.79. The van der Waals surface area contributed by atoms with E-state index >= 15 is 0 Å². The Morgan fingerprint density at radius 3 is 2.80 bits per heavy atom. The minimum atomic E-state index is -0.143. The Morgan fingerprint density at radius 2 is 2.27 bits per heavy atom. The topological polar surface area (TPSA) is 12.5 Å². The molecule has 4 heteroatoms. The van der Waals surface area contributed by atoms with E-state index in [9.17, 15) is 0 Å². The maximum absolute atomic E-state index is 5.74. The van der Waals surface area contributed by atoms with Gasteiger partial charge < -0.3 is 9.64 Å². The van der Waals surface area contributed by atoms with Crippen LogP contribution in [0.25, 0.3) is 0 Å². The molecule has 15 heavy (non-hydrogen) atoms. The molecule has 90 valence electrons. The Kier molecular flexibility index (Phi) is 5.82. The first-order valence-corrected chi connectivity index (χ1v) is 7.55. The van der Waals surface area contributed by atoms with Gasteiger partial charge in [-0.1, -0.05) is 10.8 Å². The first-order chi connectivity index (χ1) is 7.03. The number of likely N-dealkylation sites (tertiary alicyclic amines) is 1. The Bertz CT molecular complexity index is 187. The summed E-state index contributed by atoms with van der Waals surface area (Å²) in [5.41, 5.74) is 0. The second kappa shape index (κ2) is 6.38.